The third-order valence-corrected chi connectivity index (χ3v) is 4.72. The van der Waals surface area contributed by atoms with Gasteiger partial charge in [-0.3, -0.25) is 4.90 Å². The molecule has 2 aromatic carbocycles. The van der Waals surface area contributed by atoms with E-state index < -0.39 is 5.97 Å². The van der Waals surface area contributed by atoms with E-state index in [1.165, 1.54) is 18.2 Å². The van der Waals surface area contributed by atoms with Gasteiger partial charge in [-0.25, -0.2) is 9.59 Å². The fourth-order valence-corrected chi connectivity index (χ4v) is 3.11. The van der Waals surface area contributed by atoms with E-state index in [1.54, 1.807) is 29.2 Å². The summed E-state index contributed by atoms with van der Waals surface area (Å²) in [5.41, 5.74) is 3.55. The van der Waals surface area contributed by atoms with Gasteiger partial charge in [0.25, 0.3) is 0 Å². The van der Waals surface area contributed by atoms with Crippen LogP contribution in [0.2, 0.25) is 0 Å². The van der Waals surface area contributed by atoms with Gasteiger partial charge in [0.1, 0.15) is 0 Å². The molecule has 1 aliphatic heterocycles. The molecule has 0 bridgehead atoms. The average Bonchev–Trinajstić information content (AvgIpc) is 2.70. The number of aryl methyl sites for hydroxylation is 1. The Bertz CT molecular complexity index is 797. The zero-order chi connectivity index (χ0) is 19.2. The molecule has 0 aromatic heterocycles. The molecule has 1 aliphatic rings. The first-order valence-electron chi connectivity index (χ1n) is 9.07. The molecule has 0 saturated carbocycles. The minimum Gasteiger partial charge on any atom is -0.465 e. The Morgan fingerprint density at radius 2 is 1.74 bits per heavy atom. The summed E-state index contributed by atoms with van der Waals surface area (Å²) in [5, 5.41) is 2.86. The van der Waals surface area contributed by atoms with Crippen molar-refractivity contribution in [1.82, 2.24) is 9.80 Å². The maximum absolute atomic E-state index is 12.5. The van der Waals surface area contributed by atoms with Gasteiger partial charge in [0, 0.05) is 38.4 Å². The molecular weight excluding hydrogens is 342 g/mol. The molecule has 27 heavy (non-hydrogen) atoms. The van der Waals surface area contributed by atoms with Crippen LogP contribution in [0.5, 0.6) is 0 Å². The normalized spacial score (nSPS) is 14.7. The number of carbonyl (C=O) groups is 2. The highest BCUT2D eigenvalue weighted by Crippen LogP contribution is 2.14. The van der Waals surface area contributed by atoms with E-state index >= 15 is 0 Å². The molecule has 1 heterocycles. The molecule has 0 atom stereocenters. The topological polar surface area (TPSA) is 61.9 Å². The first-order chi connectivity index (χ1) is 13.0. The minimum absolute atomic E-state index is 0.146. The van der Waals surface area contributed by atoms with Crippen LogP contribution in [0.25, 0.3) is 0 Å². The molecular formula is C21H25N3O3. The van der Waals surface area contributed by atoms with E-state index in [-0.39, 0.29) is 6.03 Å². The van der Waals surface area contributed by atoms with Gasteiger partial charge in [0.05, 0.1) is 12.7 Å². The highest BCUT2D eigenvalue weighted by molar-refractivity contribution is 5.93. The lowest BCUT2D eigenvalue weighted by Crippen LogP contribution is -2.49. The molecule has 6 nitrogen and oxygen atoms in total. The number of hydrogen-bond acceptors (Lipinski definition) is 4. The molecule has 0 radical (unpaired) electrons. The van der Waals surface area contributed by atoms with Gasteiger partial charge >= 0.3 is 12.0 Å². The van der Waals surface area contributed by atoms with Crippen molar-refractivity contribution in [1.29, 1.82) is 0 Å². The lowest BCUT2D eigenvalue weighted by Gasteiger charge is -2.34. The Labute approximate surface area is 159 Å². The molecule has 2 aromatic rings. The fourth-order valence-electron chi connectivity index (χ4n) is 3.11. The fraction of sp³-hybridized carbons (Fsp3) is 0.333. The summed E-state index contributed by atoms with van der Waals surface area (Å²) < 4.78 is 4.71. The van der Waals surface area contributed by atoms with Crippen molar-refractivity contribution in [3.8, 4) is 0 Å². The average molecular weight is 367 g/mol. The standard InChI is InChI=1S/C21H25N3O3/c1-16-6-8-17(9-7-16)15-23-10-12-24(13-11-23)21(26)22-19-5-3-4-18(14-19)20(25)27-2/h3-9,14H,10-13,15H2,1-2H3,(H,22,26). The molecule has 142 valence electrons. The number of hydrogen-bond donors (Lipinski definition) is 1. The van der Waals surface area contributed by atoms with E-state index in [4.69, 9.17) is 4.74 Å². The van der Waals surface area contributed by atoms with Gasteiger partial charge in [0.2, 0.25) is 0 Å². The van der Waals surface area contributed by atoms with Crippen molar-refractivity contribution in [2.45, 2.75) is 13.5 Å². The summed E-state index contributed by atoms with van der Waals surface area (Å²) in [4.78, 5) is 28.3. The van der Waals surface area contributed by atoms with Crippen LogP contribution in [0, 0.1) is 6.92 Å². The lowest BCUT2D eigenvalue weighted by molar-refractivity contribution is 0.0600. The lowest BCUT2D eigenvalue weighted by atomic mass is 10.1. The van der Waals surface area contributed by atoms with Crippen molar-refractivity contribution >= 4 is 17.7 Å². The Morgan fingerprint density at radius 1 is 1.04 bits per heavy atom. The number of urea groups is 1. The third-order valence-electron chi connectivity index (χ3n) is 4.72. The van der Waals surface area contributed by atoms with Gasteiger partial charge in [-0.2, -0.15) is 0 Å². The van der Waals surface area contributed by atoms with Crippen LogP contribution in [-0.2, 0) is 11.3 Å². The zero-order valence-electron chi connectivity index (χ0n) is 15.8. The van der Waals surface area contributed by atoms with Crippen molar-refractivity contribution in [3.63, 3.8) is 0 Å². The molecule has 1 fully saturated rings. The molecule has 2 amide bonds. The second-order valence-corrected chi connectivity index (χ2v) is 6.75. The number of benzene rings is 2. The van der Waals surface area contributed by atoms with Crippen LogP contribution in [0.15, 0.2) is 48.5 Å². The third kappa shape index (κ3) is 5.08. The SMILES string of the molecule is COC(=O)c1cccc(NC(=O)N2CCN(Cc3ccc(C)cc3)CC2)c1. The van der Waals surface area contributed by atoms with E-state index in [1.807, 2.05) is 0 Å². The second kappa shape index (κ2) is 8.68. The highest BCUT2D eigenvalue weighted by atomic mass is 16.5. The Hall–Kier alpha value is -2.86. The maximum atomic E-state index is 12.5. The number of nitrogens with zero attached hydrogens (tertiary/aromatic N) is 2. The zero-order valence-corrected chi connectivity index (χ0v) is 15.8. The number of carbonyl (C=O) groups excluding carboxylic acids is 2. The summed E-state index contributed by atoms with van der Waals surface area (Å²) in [7, 11) is 1.34. The molecule has 6 heteroatoms. The molecule has 0 spiro atoms. The van der Waals surface area contributed by atoms with Gasteiger partial charge in [-0.1, -0.05) is 35.9 Å². The number of nitrogens with one attached hydrogen (secondary N) is 1. The predicted octanol–water partition coefficient (Wildman–Crippen LogP) is 3.13. The Balaban J connectivity index is 1.51. The quantitative estimate of drug-likeness (QED) is 0.844. The van der Waals surface area contributed by atoms with Gasteiger partial charge in [-0.15, -0.1) is 0 Å². The molecule has 3 rings (SSSR count). The summed E-state index contributed by atoms with van der Waals surface area (Å²) in [6, 6.07) is 15.2. The summed E-state index contributed by atoms with van der Waals surface area (Å²) in [6.45, 7) is 6.01. The summed E-state index contributed by atoms with van der Waals surface area (Å²) in [6.07, 6.45) is 0. The first-order valence-corrected chi connectivity index (χ1v) is 9.07. The minimum atomic E-state index is -0.421. The monoisotopic (exact) mass is 367 g/mol. The number of rotatable bonds is 4. The predicted molar refractivity (Wildman–Crippen MR) is 105 cm³/mol. The van der Waals surface area contributed by atoms with E-state index in [0.717, 1.165) is 19.6 Å². The van der Waals surface area contributed by atoms with E-state index in [9.17, 15) is 9.59 Å². The van der Waals surface area contributed by atoms with Crippen LogP contribution in [-0.4, -0.2) is 55.1 Å². The number of amides is 2. The largest absolute Gasteiger partial charge is 0.465 e. The second-order valence-electron chi connectivity index (χ2n) is 6.75. The summed E-state index contributed by atoms with van der Waals surface area (Å²) in [5.74, 6) is -0.421. The number of piperazine rings is 1. The number of anilines is 1. The van der Waals surface area contributed by atoms with Crippen LogP contribution >= 0.6 is 0 Å². The van der Waals surface area contributed by atoms with Crippen molar-refractivity contribution in [2.75, 3.05) is 38.6 Å². The number of methoxy groups -OCH3 is 1. The summed E-state index contributed by atoms with van der Waals surface area (Å²) >= 11 is 0. The van der Waals surface area contributed by atoms with E-state index in [2.05, 4.69) is 41.4 Å². The van der Waals surface area contributed by atoms with Gasteiger partial charge < -0.3 is 15.0 Å². The maximum Gasteiger partial charge on any atom is 0.337 e. The van der Waals surface area contributed by atoms with Crippen LogP contribution in [0.1, 0.15) is 21.5 Å². The van der Waals surface area contributed by atoms with Crippen LogP contribution in [0.4, 0.5) is 10.5 Å². The highest BCUT2D eigenvalue weighted by Gasteiger charge is 2.21. The van der Waals surface area contributed by atoms with E-state index in [0.29, 0.717) is 24.3 Å². The van der Waals surface area contributed by atoms with Crippen LogP contribution < -0.4 is 5.32 Å². The smallest absolute Gasteiger partial charge is 0.337 e. The van der Waals surface area contributed by atoms with Gasteiger partial charge in [-0.05, 0) is 30.7 Å². The van der Waals surface area contributed by atoms with Gasteiger partial charge in [0.15, 0.2) is 0 Å². The molecule has 1 saturated heterocycles. The first kappa shape index (κ1) is 18.9. The van der Waals surface area contributed by atoms with Crippen molar-refractivity contribution < 1.29 is 14.3 Å². The van der Waals surface area contributed by atoms with Crippen molar-refractivity contribution in [3.05, 3.63) is 65.2 Å². The van der Waals surface area contributed by atoms with Crippen LogP contribution in [0.3, 0.4) is 0 Å². The number of esters is 1. The van der Waals surface area contributed by atoms with Crippen molar-refractivity contribution in [2.24, 2.45) is 0 Å². The Kier molecular flexibility index (Phi) is 6.08. The number of ether oxygens (including phenoxy) is 1. The molecule has 1 N–H and O–H groups in total. The Morgan fingerprint density at radius 3 is 2.41 bits per heavy atom. The molecule has 0 aliphatic carbocycles. The molecule has 0 unspecified atom stereocenters.